The van der Waals surface area contributed by atoms with Gasteiger partial charge in [0.25, 0.3) is 0 Å². The van der Waals surface area contributed by atoms with Gasteiger partial charge in [0.05, 0.1) is 19.3 Å². The molecule has 0 unspecified atom stereocenters. The molecule has 4 rings (SSSR count). The Bertz CT molecular complexity index is 1010. The summed E-state index contributed by atoms with van der Waals surface area (Å²) in [4.78, 5) is 16.0. The lowest BCUT2D eigenvalue weighted by Gasteiger charge is -2.46. The van der Waals surface area contributed by atoms with E-state index < -0.39 is 17.2 Å². The molecule has 1 fully saturated rings. The average molecular weight is 401 g/mol. The lowest BCUT2D eigenvalue weighted by molar-refractivity contribution is -0.125. The number of ether oxygens (including phenoxy) is 1. The maximum Gasteiger partial charge on any atom is 0.219 e. The molecule has 1 aromatic heterocycles. The molecular weight excluding hydrogens is 378 g/mol. The highest BCUT2D eigenvalue weighted by atomic mass is 16.5. The summed E-state index contributed by atoms with van der Waals surface area (Å²) >= 11 is 0. The van der Waals surface area contributed by atoms with Crippen molar-refractivity contribution >= 4 is 11.9 Å². The fraction of sp³-hybridized carbons (Fsp3) is 0.167. The van der Waals surface area contributed by atoms with Gasteiger partial charge < -0.3 is 14.4 Å². The van der Waals surface area contributed by atoms with E-state index in [-0.39, 0.29) is 6.04 Å². The summed E-state index contributed by atoms with van der Waals surface area (Å²) in [6.07, 6.45) is 5.88. The average Bonchev–Trinajstić information content (AvgIpc) is 3.22. The number of carbonyl (C=O) groups excluding carboxylic acids is 1. The van der Waals surface area contributed by atoms with Gasteiger partial charge in [-0.1, -0.05) is 67.2 Å². The van der Waals surface area contributed by atoms with Crippen molar-refractivity contribution in [1.29, 1.82) is 0 Å². The number of benzene rings is 2. The molecule has 0 aliphatic carbocycles. The number of rotatable bonds is 8. The maximum absolute atomic E-state index is 11.7. The van der Waals surface area contributed by atoms with Crippen LogP contribution in [0.3, 0.4) is 0 Å². The second kappa shape index (κ2) is 8.49. The second-order valence-corrected chi connectivity index (χ2v) is 7.18. The molecule has 3 aromatic rings. The van der Waals surface area contributed by atoms with Crippen LogP contribution < -0.4 is 5.32 Å². The molecule has 0 spiro atoms. The standard InChI is InChI=1S/C24H23N3O3/c1-2-20(28)21(29)15-22-25-13-14-27(22)24(16-30-17-24)26-23(18-9-5-3-6-10-18)19-11-7-4-8-12-19/h2-15,23,26,29H,1,16-17H2/b21-15-. The van der Waals surface area contributed by atoms with Gasteiger partial charge >= 0.3 is 0 Å². The lowest BCUT2D eigenvalue weighted by Crippen LogP contribution is -2.62. The molecule has 2 heterocycles. The van der Waals surface area contributed by atoms with E-state index in [0.717, 1.165) is 17.2 Å². The van der Waals surface area contributed by atoms with Crippen LogP contribution in [0, 0.1) is 0 Å². The number of nitrogens with zero attached hydrogens (tertiary/aromatic N) is 2. The van der Waals surface area contributed by atoms with Gasteiger partial charge in [0.1, 0.15) is 11.5 Å². The number of aliphatic hydroxyl groups is 1. The first-order valence-electron chi connectivity index (χ1n) is 9.69. The number of hydrogen-bond donors (Lipinski definition) is 2. The molecule has 1 saturated heterocycles. The maximum atomic E-state index is 11.7. The molecule has 1 aliphatic rings. The van der Waals surface area contributed by atoms with Crippen LogP contribution in [0.4, 0.5) is 0 Å². The normalized spacial score (nSPS) is 15.6. The van der Waals surface area contributed by atoms with Gasteiger partial charge in [-0.25, -0.2) is 4.98 Å². The molecule has 2 N–H and O–H groups in total. The number of ketones is 1. The topological polar surface area (TPSA) is 76.4 Å². The number of aliphatic hydroxyl groups excluding tert-OH is 1. The van der Waals surface area contributed by atoms with Crippen LogP contribution in [0.5, 0.6) is 0 Å². The van der Waals surface area contributed by atoms with Crippen molar-refractivity contribution in [3.8, 4) is 0 Å². The Balaban J connectivity index is 1.72. The molecule has 0 bridgehead atoms. The van der Waals surface area contributed by atoms with Gasteiger partial charge in [0.15, 0.2) is 5.76 Å². The van der Waals surface area contributed by atoms with E-state index in [0.29, 0.717) is 19.0 Å². The minimum Gasteiger partial charge on any atom is -0.504 e. The molecule has 0 atom stereocenters. The van der Waals surface area contributed by atoms with Crippen LogP contribution in [-0.4, -0.2) is 33.7 Å². The third-order valence-electron chi connectivity index (χ3n) is 5.19. The van der Waals surface area contributed by atoms with E-state index in [1.807, 2.05) is 47.2 Å². The molecule has 6 heteroatoms. The highest BCUT2D eigenvalue weighted by molar-refractivity contribution is 6.04. The number of carbonyl (C=O) groups is 1. The number of allylic oxidation sites excluding steroid dienone is 1. The highest BCUT2D eigenvalue weighted by Crippen LogP contribution is 2.32. The monoisotopic (exact) mass is 401 g/mol. The first-order chi connectivity index (χ1) is 14.6. The number of hydrogen-bond acceptors (Lipinski definition) is 5. The molecule has 0 amide bonds. The quantitative estimate of drug-likeness (QED) is 0.446. The largest absolute Gasteiger partial charge is 0.504 e. The predicted molar refractivity (Wildman–Crippen MR) is 115 cm³/mol. The van der Waals surface area contributed by atoms with Crippen molar-refractivity contribution < 1.29 is 14.6 Å². The lowest BCUT2D eigenvalue weighted by atomic mass is 9.95. The van der Waals surface area contributed by atoms with Crippen molar-refractivity contribution in [3.05, 3.63) is 108 Å². The Morgan fingerprint density at radius 2 is 1.73 bits per heavy atom. The van der Waals surface area contributed by atoms with Gasteiger partial charge in [-0.2, -0.15) is 0 Å². The zero-order valence-electron chi connectivity index (χ0n) is 16.4. The number of nitrogens with one attached hydrogen (secondary N) is 1. The van der Waals surface area contributed by atoms with E-state index in [2.05, 4.69) is 41.1 Å². The minimum atomic E-state index is -0.573. The Labute approximate surface area is 175 Å². The van der Waals surface area contributed by atoms with E-state index in [1.165, 1.54) is 6.08 Å². The fourth-order valence-corrected chi connectivity index (χ4v) is 3.59. The van der Waals surface area contributed by atoms with Crippen molar-refractivity contribution in [2.45, 2.75) is 11.7 Å². The molecule has 1 aliphatic heterocycles. The van der Waals surface area contributed by atoms with Crippen LogP contribution in [-0.2, 0) is 15.2 Å². The zero-order chi connectivity index (χ0) is 21.0. The highest BCUT2D eigenvalue weighted by Gasteiger charge is 2.43. The third kappa shape index (κ3) is 3.83. The first kappa shape index (κ1) is 19.8. The van der Waals surface area contributed by atoms with Crippen LogP contribution in [0.1, 0.15) is 23.0 Å². The Morgan fingerprint density at radius 1 is 1.13 bits per heavy atom. The summed E-state index contributed by atoms with van der Waals surface area (Å²) in [5.41, 5.74) is 1.67. The predicted octanol–water partition coefficient (Wildman–Crippen LogP) is 3.60. The van der Waals surface area contributed by atoms with Crippen molar-refractivity contribution in [1.82, 2.24) is 14.9 Å². The molecule has 0 saturated carbocycles. The summed E-state index contributed by atoms with van der Waals surface area (Å²) < 4.78 is 7.49. The van der Waals surface area contributed by atoms with Gasteiger partial charge in [0.2, 0.25) is 5.78 Å². The Hall–Kier alpha value is -3.48. The summed E-state index contributed by atoms with van der Waals surface area (Å²) in [6, 6.07) is 20.3. The number of aromatic nitrogens is 2. The van der Waals surface area contributed by atoms with E-state index in [9.17, 15) is 9.90 Å². The van der Waals surface area contributed by atoms with Gasteiger partial charge in [-0.05, 0) is 17.2 Å². The van der Waals surface area contributed by atoms with Crippen LogP contribution in [0.25, 0.3) is 6.08 Å². The summed E-state index contributed by atoms with van der Waals surface area (Å²) in [6.45, 7) is 4.26. The fourth-order valence-electron chi connectivity index (χ4n) is 3.59. The van der Waals surface area contributed by atoms with Gasteiger partial charge in [-0.3, -0.25) is 10.1 Å². The number of imidazole rings is 1. The van der Waals surface area contributed by atoms with Gasteiger partial charge in [0, 0.05) is 18.5 Å². The first-order valence-corrected chi connectivity index (χ1v) is 9.69. The van der Waals surface area contributed by atoms with Crippen LogP contribution >= 0.6 is 0 Å². The van der Waals surface area contributed by atoms with E-state index in [1.54, 1.807) is 6.20 Å². The summed E-state index contributed by atoms with van der Waals surface area (Å²) in [5, 5.41) is 13.8. The Kier molecular flexibility index (Phi) is 5.61. The van der Waals surface area contributed by atoms with Gasteiger partial charge in [-0.15, -0.1) is 0 Å². The molecule has 30 heavy (non-hydrogen) atoms. The summed E-state index contributed by atoms with van der Waals surface area (Å²) in [7, 11) is 0. The van der Waals surface area contributed by atoms with E-state index in [4.69, 9.17) is 4.74 Å². The zero-order valence-corrected chi connectivity index (χ0v) is 16.4. The molecule has 2 aromatic carbocycles. The summed E-state index contributed by atoms with van der Waals surface area (Å²) in [5.74, 6) is -0.503. The molecule has 152 valence electrons. The van der Waals surface area contributed by atoms with Crippen molar-refractivity contribution in [2.75, 3.05) is 13.2 Å². The van der Waals surface area contributed by atoms with Crippen LogP contribution in [0.2, 0.25) is 0 Å². The van der Waals surface area contributed by atoms with Crippen LogP contribution in [0.15, 0.2) is 91.5 Å². The van der Waals surface area contributed by atoms with Crippen molar-refractivity contribution in [2.24, 2.45) is 0 Å². The molecule has 0 radical (unpaired) electrons. The van der Waals surface area contributed by atoms with Crippen molar-refractivity contribution in [3.63, 3.8) is 0 Å². The molecular formula is C24H23N3O3. The molecule has 6 nitrogen and oxygen atoms in total. The minimum absolute atomic E-state index is 0.0843. The third-order valence-corrected chi connectivity index (χ3v) is 5.19. The second-order valence-electron chi connectivity index (χ2n) is 7.18. The van der Waals surface area contributed by atoms with E-state index >= 15 is 0 Å². The Morgan fingerprint density at radius 3 is 2.23 bits per heavy atom. The SMILES string of the molecule is C=CC(=O)/C(O)=C/c1nccn1C1(NC(c2ccccc2)c2ccccc2)COC1. The smallest absolute Gasteiger partial charge is 0.219 e.